The third-order valence-electron chi connectivity index (χ3n) is 3.18. The summed E-state index contributed by atoms with van der Waals surface area (Å²) < 4.78 is 1.64. The summed E-state index contributed by atoms with van der Waals surface area (Å²) in [7, 11) is 0. The van der Waals surface area contributed by atoms with Crippen LogP contribution in [0.15, 0.2) is 64.8 Å². The lowest BCUT2D eigenvalue weighted by Crippen LogP contribution is -2.01. The van der Waals surface area contributed by atoms with E-state index in [0.29, 0.717) is 22.9 Å². The summed E-state index contributed by atoms with van der Waals surface area (Å²) in [5, 5.41) is 22.0. The second-order valence-corrected chi connectivity index (χ2v) is 4.78. The number of nitrogens with zero attached hydrogens (tertiary/aromatic N) is 4. The number of nitrogen functional groups attached to an aromatic ring is 1. The van der Waals surface area contributed by atoms with Crippen LogP contribution in [-0.4, -0.2) is 14.9 Å². The van der Waals surface area contributed by atoms with Crippen molar-refractivity contribution < 1.29 is 5.11 Å². The molecule has 0 aliphatic rings. The van der Waals surface area contributed by atoms with Crippen LogP contribution in [0.1, 0.15) is 5.69 Å². The lowest BCUT2D eigenvalue weighted by atomic mass is 10.3. The van der Waals surface area contributed by atoms with Gasteiger partial charge in [0.05, 0.1) is 17.1 Å². The number of nitrogens with two attached hydrogens (primary N) is 1. The van der Waals surface area contributed by atoms with Gasteiger partial charge in [-0.3, -0.25) is 0 Å². The number of anilines is 1. The quantitative estimate of drug-likeness (QED) is 0.718. The molecule has 0 radical (unpaired) electrons. The van der Waals surface area contributed by atoms with Gasteiger partial charge in [0.2, 0.25) is 0 Å². The Bertz CT molecular complexity index is 807. The minimum Gasteiger partial charge on any atom is -0.508 e. The second kappa shape index (κ2) is 5.69. The SMILES string of the molecule is Cc1nn(-c2ccccc2)c(N)c1/N=N/c1ccc(O)cc1. The normalized spacial score (nSPS) is 11.1. The molecule has 1 aromatic heterocycles. The molecule has 0 atom stereocenters. The molecule has 3 rings (SSSR count). The largest absolute Gasteiger partial charge is 0.508 e. The number of benzene rings is 2. The van der Waals surface area contributed by atoms with Crippen molar-refractivity contribution in [1.82, 2.24) is 9.78 Å². The molecular weight excluding hydrogens is 278 g/mol. The van der Waals surface area contributed by atoms with Crippen molar-refractivity contribution in [1.29, 1.82) is 0 Å². The molecule has 3 N–H and O–H groups in total. The maximum Gasteiger partial charge on any atom is 0.155 e. The van der Waals surface area contributed by atoms with Crippen molar-refractivity contribution in [2.75, 3.05) is 5.73 Å². The minimum atomic E-state index is 0.187. The van der Waals surface area contributed by atoms with E-state index in [9.17, 15) is 5.11 Å². The molecule has 6 heteroatoms. The standard InChI is InChI=1S/C16H15N5O/c1-11-15(19-18-12-7-9-14(22)10-8-12)16(17)21(20-11)13-5-3-2-4-6-13/h2-10,22H,17H2,1H3/b19-18+. The molecule has 0 amide bonds. The number of phenolic OH excluding ortho intramolecular Hbond substituents is 1. The molecule has 0 aliphatic carbocycles. The van der Waals surface area contributed by atoms with Gasteiger partial charge in [0.25, 0.3) is 0 Å². The van der Waals surface area contributed by atoms with Crippen LogP contribution in [0.5, 0.6) is 5.75 Å². The molecule has 0 fully saturated rings. The highest BCUT2D eigenvalue weighted by atomic mass is 16.3. The van der Waals surface area contributed by atoms with Crippen molar-refractivity contribution in [2.45, 2.75) is 6.92 Å². The number of phenols is 1. The smallest absolute Gasteiger partial charge is 0.155 e. The maximum absolute atomic E-state index is 9.25. The number of hydrogen-bond acceptors (Lipinski definition) is 5. The summed E-state index contributed by atoms with van der Waals surface area (Å²) in [6.07, 6.45) is 0. The zero-order valence-electron chi connectivity index (χ0n) is 12.0. The predicted molar refractivity (Wildman–Crippen MR) is 85.0 cm³/mol. The molecule has 0 unspecified atom stereocenters. The Morgan fingerprint density at radius 3 is 2.36 bits per heavy atom. The Morgan fingerprint density at radius 1 is 1.00 bits per heavy atom. The van der Waals surface area contributed by atoms with Crippen LogP contribution in [0.3, 0.4) is 0 Å². The Balaban J connectivity index is 1.95. The van der Waals surface area contributed by atoms with Crippen LogP contribution in [0.25, 0.3) is 5.69 Å². The van der Waals surface area contributed by atoms with E-state index in [4.69, 9.17) is 5.73 Å². The fourth-order valence-corrected chi connectivity index (χ4v) is 2.05. The summed E-state index contributed by atoms with van der Waals surface area (Å²) in [6, 6.07) is 16.1. The van der Waals surface area contributed by atoms with Gasteiger partial charge in [0.15, 0.2) is 11.5 Å². The van der Waals surface area contributed by atoms with Gasteiger partial charge in [0.1, 0.15) is 5.75 Å². The zero-order valence-corrected chi connectivity index (χ0v) is 12.0. The molecule has 0 saturated heterocycles. The highest BCUT2D eigenvalue weighted by Crippen LogP contribution is 2.30. The van der Waals surface area contributed by atoms with Gasteiger partial charge in [-0.2, -0.15) is 10.2 Å². The molecule has 2 aromatic carbocycles. The van der Waals surface area contributed by atoms with E-state index in [2.05, 4.69) is 15.3 Å². The molecule has 6 nitrogen and oxygen atoms in total. The first-order chi connectivity index (χ1) is 10.6. The van der Waals surface area contributed by atoms with Crippen LogP contribution < -0.4 is 5.73 Å². The van der Waals surface area contributed by atoms with Gasteiger partial charge in [-0.1, -0.05) is 18.2 Å². The van der Waals surface area contributed by atoms with Crippen molar-refractivity contribution in [3.8, 4) is 11.4 Å². The zero-order chi connectivity index (χ0) is 15.5. The first kappa shape index (κ1) is 13.8. The minimum absolute atomic E-state index is 0.187. The van der Waals surface area contributed by atoms with Crippen LogP contribution in [0.2, 0.25) is 0 Å². The molecule has 110 valence electrons. The highest BCUT2D eigenvalue weighted by Gasteiger charge is 2.13. The number of rotatable bonds is 3. The Morgan fingerprint density at radius 2 is 1.68 bits per heavy atom. The van der Waals surface area contributed by atoms with Gasteiger partial charge >= 0.3 is 0 Å². The summed E-state index contributed by atoms with van der Waals surface area (Å²) in [6.45, 7) is 1.83. The van der Waals surface area contributed by atoms with E-state index >= 15 is 0 Å². The van der Waals surface area contributed by atoms with Crippen molar-refractivity contribution in [3.63, 3.8) is 0 Å². The van der Waals surface area contributed by atoms with Crippen LogP contribution in [0.4, 0.5) is 17.2 Å². The lowest BCUT2D eigenvalue weighted by Gasteiger charge is -2.02. The molecule has 22 heavy (non-hydrogen) atoms. The Hall–Kier alpha value is -3.15. The van der Waals surface area contributed by atoms with E-state index in [-0.39, 0.29) is 5.75 Å². The van der Waals surface area contributed by atoms with Crippen LogP contribution in [-0.2, 0) is 0 Å². The second-order valence-electron chi connectivity index (χ2n) is 4.78. The first-order valence-corrected chi connectivity index (χ1v) is 6.76. The van der Waals surface area contributed by atoms with Crippen LogP contribution >= 0.6 is 0 Å². The molecule has 0 aliphatic heterocycles. The molecule has 0 saturated carbocycles. The van der Waals surface area contributed by atoms with Crippen LogP contribution in [0, 0.1) is 6.92 Å². The van der Waals surface area contributed by atoms with E-state index in [1.165, 1.54) is 0 Å². The molecule has 0 bridgehead atoms. The van der Waals surface area contributed by atoms with Crippen molar-refractivity contribution >= 4 is 17.2 Å². The van der Waals surface area contributed by atoms with E-state index < -0.39 is 0 Å². The number of hydrogen-bond donors (Lipinski definition) is 2. The Labute approximate surface area is 127 Å². The summed E-state index contributed by atoms with van der Waals surface area (Å²) >= 11 is 0. The molecule has 3 aromatic rings. The fourth-order valence-electron chi connectivity index (χ4n) is 2.05. The maximum atomic E-state index is 9.25. The predicted octanol–water partition coefficient (Wildman–Crippen LogP) is 3.88. The Kier molecular flexibility index (Phi) is 3.57. The third kappa shape index (κ3) is 2.67. The fraction of sp³-hybridized carbons (Fsp3) is 0.0625. The summed E-state index contributed by atoms with van der Waals surface area (Å²) in [5.74, 6) is 0.623. The average Bonchev–Trinajstić information content (AvgIpc) is 2.82. The number of aryl methyl sites for hydroxylation is 1. The van der Waals surface area contributed by atoms with Crippen molar-refractivity contribution in [3.05, 3.63) is 60.3 Å². The summed E-state index contributed by atoms with van der Waals surface area (Å²) in [4.78, 5) is 0. The van der Waals surface area contributed by atoms with Gasteiger partial charge in [-0.05, 0) is 43.3 Å². The van der Waals surface area contributed by atoms with E-state index in [1.807, 2.05) is 37.3 Å². The number of azo groups is 1. The molecule has 0 spiro atoms. The van der Waals surface area contributed by atoms with Gasteiger partial charge in [0, 0.05) is 0 Å². The van der Waals surface area contributed by atoms with Crippen molar-refractivity contribution in [2.24, 2.45) is 10.2 Å². The topological polar surface area (TPSA) is 88.8 Å². The summed E-state index contributed by atoms with van der Waals surface area (Å²) in [5.41, 5.74) is 8.87. The van der Waals surface area contributed by atoms with E-state index in [0.717, 1.165) is 5.69 Å². The first-order valence-electron chi connectivity index (χ1n) is 6.76. The third-order valence-corrected chi connectivity index (χ3v) is 3.18. The molecular formula is C16H15N5O. The van der Waals surface area contributed by atoms with Gasteiger partial charge in [-0.15, -0.1) is 5.11 Å². The highest BCUT2D eigenvalue weighted by molar-refractivity contribution is 5.64. The molecule has 1 heterocycles. The lowest BCUT2D eigenvalue weighted by molar-refractivity contribution is 0.475. The average molecular weight is 293 g/mol. The van der Waals surface area contributed by atoms with Gasteiger partial charge in [-0.25, -0.2) is 4.68 Å². The van der Waals surface area contributed by atoms with E-state index in [1.54, 1.807) is 28.9 Å². The number of aromatic hydroxyl groups is 1. The number of aromatic nitrogens is 2. The monoisotopic (exact) mass is 293 g/mol. The number of para-hydroxylation sites is 1. The van der Waals surface area contributed by atoms with Gasteiger partial charge < -0.3 is 10.8 Å².